The van der Waals surface area contributed by atoms with Gasteiger partial charge < -0.3 is 4.84 Å². The van der Waals surface area contributed by atoms with E-state index in [2.05, 4.69) is 41.6 Å². The van der Waals surface area contributed by atoms with Crippen molar-refractivity contribution in [1.29, 1.82) is 0 Å². The van der Waals surface area contributed by atoms with Crippen molar-refractivity contribution in [3.8, 4) is 11.1 Å². The van der Waals surface area contributed by atoms with Crippen LogP contribution in [0.4, 0.5) is 0 Å². The Hall–Kier alpha value is -2.42. The number of nitrogens with zero attached hydrogens (tertiary/aromatic N) is 1. The molecule has 0 aliphatic heterocycles. The highest BCUT2D eigenvalue weighted by Gasteiger charge is 2.27. The number of carbonyl (C=O) groups excluding carboxylic acids is 1. The molecule has 1 aliphatic carbocycles. The zero-order valence-electron chi connectivity index (χ0n) is 14.7. The predicted octanol–water partition coefficient (Wildman–Crippen LogP) is 4.96. The van der Waals surface area contributed by atoms with Gasteiger partial charge in [-0.1, -0.05) is 48.5 Å². The molecule has 1 aliphatic rings. The average molecular weight is 321 g/mol. The van der Waals surface area contributed by atoms with Gasteiger partial charge in [-0.25, -0.2) is 4.79 Å². The van der Waals surface area contributed by atoms with E-state index >= 15 is 0 Å². The maximum Gasteiger partial charge on any atom is 0.340 e. The number of carbonyl (C=O) groups is 1. The van der Waals surface area contributed by atoms with E-state index in [0.717, 1.165) is 18.4 Å². The van der Waals surface area contributed by atoms with E-state index in [-0.39, 0.29) is 5.97 Å². The smallest absolute Gasteiger partial charge is 0.317 e. The third kappa shape index (κ3) is 2.99. The molecule has 3 heteroatoms. The molecule has 0 aromatic heterocycles. The van der Waals surface area contributed by atoms with Gasteiger partial charge in [-0.2, -0.15) is 0 Å². The van der Waals surface area contributed by atoms with Gasteiger partial charge in [-0.3, -0.25) is 0 Å². The molecule has 3 nitrogen and oxygen atoms in total. The summed E-state index contributed by atoms with van der Waals surface area (Å²) in [5.74, 6) is -0.296. The normalized spacial score (nSPS) is 13.4. The van der Waals surface area contributed by atoms with E-state index in [1.165, 1.54) is 22.3 Å². The van der Waals surface area contributed by atoms with Gasteiger partial charge >= 0.3 is 5.97 Å². The lowest BCUT2D eigenvalue weighted by atomic mass is 9.91. The summed E-state index contributed by atoms with van der Waals surface area (Å²) in [6, 6.07) is 14.8. The Bertz CT molecular complexity index is 818. The number of fused-ring (bicyclic) bond motifs is 3. The van der Waals surface area contributed by atoms with Crippen LogP contribution in [-0.4, -0.2) is 11.7 Å². The lowest BCUT2D eigenvalue weighted by Gasteiger charge is -2.17. The topological polar surface area (TPSA) is 38.7 Å². The lowest BCUT2D eigenvalue weighted by molar-refractivity contribution is -0.154. The number of benzene rings is 2. The highest BCUT2D eigenvalue weighted by molar-refractivity contribution is 6.00. The SMILES string of the molecule is CCC(C)(C)C(=O)O/N=C(/C)c1ccc2c(c1)-c1ccccc1C2. The third-order valence-corrected chi connectivity index (χ3v) is 4.92. The average Bonchev–Trinajstić information content (AvgIpc) is 2.97. The van der Waals surface area contributed by atoms with Gasteiger partial charge in [0.1, 0.15) is 0 Å². The molecule has 0 saturated heterocycles. The highest BCUT2D eigenvalue weighted by atomic mass is 16.7. The van der Waals surface area contributed by atoms with Gasteiger partial charge in [0.15, 0.2) is 0 Å². The largest absolute Gasteiger partial charge is 0.340 e. The van der Waals surface area contributed by atoms with Gasteiger partial charge in [0.2, 0.25) is 0 Å². The van der Waals surface area contributed by atoms with Crippen LogP contribution in [0.25, 0.3) is 11.1 Å². The molecule has 0 amide bonds. The molecule has 3 rings (SSSR count). The number of hydrogen-bond donors (Lipinski definition) is 0. The van der Waals surface area contributed by atoms with Crippen LogP contribution >= 0.6 is 0 Å². The van der Waals surface area contributed by atoms with E-state index < -0.39 is 5.41 Å². The minimum absolute atomic E-state index is 0.296. The maximum atomic E-state index is 12.1. The van der Waals surface area contributed by atoms with Crippen LogP contribution in [0.1, 0.15) is 50.8 Å². The minimum atomic E-state index is -0.513. The van der Waals surface area contributed by atoms with Crippen molar-refractivity contribution in [3.63, 3.8) is 0 Å². The molecule has 0 saturated carbocycles. The summed E-state index contributed by atoms with van der Waals surface area (Å²) in [5, 5.41) is 4.06. The van der Waals surface area contributed by atoms with Gasteiger partial charge in [0, 0.05) is 0 Å². The molecule has 0 radical (unpaired) electrons. The molecule has 0 N–H and O–H groups in total. The Morgan fingerprint density at radius 1 is 1.12 bits per heavy atom. The molecule has 2 aromatic carbocycles. The second-order valence-electron chi connectivity index (χ2n) is 7.00. The molecular formula is C21H23NO2. The third-order valence-electron chi connectivity index (χ3n) is 4.92. The van der Waals surface area contributed by atoms with E-state index in [1.54, 1.807) is 0 Å². The molecule has 0 atom stereocenters. The van der Waals surface area contributed by atoms with Crippen molar-refractivity contribution in [2.24, 2.45) is 10.6 Å². The van der Waals surface area contributed by atoms with Crippen molar-refractivity contribution >= 4 is 11.7 Å². The first kappa shape index (κ1) is 16.4. The van der Waals surface area contributed by atoms with Crippen molar-refractivity contribution in [2.45, 2.75) is 40.5 Å². The Labute approximate surface area is 143 Å². The van der Waals surface area contributed by atoms with Crippen LogP contribution in [0.15, 0.2) is 47.6 Å². The summed E-state index contributed by atoms with van der Waals surface area (Å²) in [6.45, 7) is 7.57. The molecule has 24 heavy (non-hydrogen) atoms. The van der Waals surface area contributed by atoms with Gasteiger partial charge in [-0.15, -0.1) is 0 Å². The number of rotatable bonds is 4. The second-order valence-corrected chi connectivity index (χ2v) is 7.00. The molecule has 0 heterocycles. The highest BCUT2D eigenvalue weighted by Crippen LogP contribution is 2.36. The van der Waals surface area contributed by atoms with Crippen LogP contribution in [-0.2, 0) is 16.1 Å². The fraction of sp³-hybridized carbons (Fsp3) is 0.333. The van der Waals surface area contributed by atoms with Crippen molar-refractivity contribution < 1.29 is 9.63 Å². The van der Waals surface area contributed by atoms with Gasteiger partial charge in [0.25, 0.3) is 0 Å². The summed E-state index contributed by atoms with van der Waals surface area (Å²) in [7, 11) is 0. The predicted molar refractivity (Wildman–Crippen MR) is 97.1 cm³/mol. The van der Waals surface area contributed by atoms with Crippen molar-refractivity contribution in [2.75, 3.05) is 0 Å². The fourth-order valence-electron chi connectivity index (χ4n) is 2.78. The lowest BCUT2D eigenvalue weighted by Crippen LogP contribution is -2.24. The first-order valence-corrected chi connectivity index (χ1v) is 8.40. The minimum Gasteiger partial charge on any atom is -0.317 e. The van der Waals surface area contributed by atoms with Crippen molar-refractivity contribution in [1.82, 2.24) is 0 Å². The molecule has 0 spiro atoms. The maximum absolute atomic E-state index is 12.1. The fourth-order valence-corrected chi connectivity index (χ4v) is 2.78. The number of hydrogen-bond acceptors (Lipinski definition) is 3. The summed E-state index contributed by atoms with van der Waals surface area (Å²) < 4.78 is 0. The molecule has 124 valence electrons. The van der Waals surface area contributed by atoms with Crippen LogP contribution in [0, 0.1) is 5.41 Å². The first-order chi connectivity index (χ1) is 11.4. The van der Waals surface area contributed by atoms with Crippen molar-refractivity contribution in [3.05, 3.63) is 59.2 Å². The zero-order valence-corrected chi connectivity index (χ0v) is 14.7. The van der Waals surface area contributed by atoms with E-state index in [1.807, 2.05) is 33.8 Å². The Balaban J connectivity index is 1.85. The van der Waals surface area contributed by atoms with E-state index in [0.29, 0.717) is 5.71 Å². The van der Waals surface area contributed by atoms with Crippen LogP contribution in [0.3, 0.4) is 0 Å². The Morgan fingerprint density at radius 2 is 1.83 bits per heavy atom. The first-order valence-electron chi connectivity index (χ1n) is 8.40. The van der Waals surface area contributed by atoms with Gasteiger partial charge in [-0.05, 0) is 67.5 Å². The van der Waals surface area contributed by atoms with Crippen LogP contribution < -0.4 is 0 Å². The molecule has 0 unspecified atom stereocenters. The quantitative estimate of drug-likeness (QED) is 0.387. The Kier molecular flexibility index (Phi) is 4.27. The molecule has 0 fully saturated rings. The Morgan fingerprint density at radius 3 is 2.58 bits per heavy atom. The van der Waals surface area contributed by atoms with Gasteiger partial charge in [0.05, 0.1) is 11.1 Å². The van der Waals surface area contributed by atoms with E-state index in [9.17, 15) is 4.79 Å². The molecular weight excluding hydrogens is 298 g/mol. The van der Waals surface area contributed by atoms with Crippen LogP contribution in [0.2, 0.25) is 0 Å². The monoisotopic (exact) mass is 321 g/mol. The zero-order chi connectivity index (χ0) is 17.3. The van der Waals surface area contributed by atoms with Crippen LogP contribution in [0.5, 0.6) is 0 Å². The summed E-state index contributed by atoms with van der Waals surface area (Å²) in [5.41, 5.74) is 6.40. The second kappa shape index (κ2) is 6.23. The number of oxime groups is 1. The summed E-state index contributed by atoms with van der Waals surface area (Å²) >= 11 is 0. The molecule has 0 bridgehead atoms. The molecule has 2 aromatic rings. The summed E-state index contributed by atoms with van der Waals surface area (Å²) in [6.07, 6.45) is 1.69. The standard InChI is InChI=1S/C21H23NO2/c1-5-21(3,4)20(23)24-22-14(2)15-10-11-17-12-16-8-6-7-9-18(16)19(17)13-15/h6-11,13H,5,12H2,1-4H3/b22-14-. The van der Waals surface area contributed by atoms with E-state index in [4.69, 9.17) is 4.84 Å². The summed E-state index contributed by atoms with van der Waals surface area (Å²) in [4.78, 5) is 17.2.